The van der Waals surface area contributed by atoms with E-state index in [0.717, 1.165) is 0 Å². The molecule has 0 heterocycles. The zero-order valence-electron chi connectivity index (χ0n) is 9.57. The van der Waals surface area contributed by atoms with Gasteiger partial charge in [-0.05, 0) is 24.7 Å². The fraction of sp³-hybridized carbons (Fsp3) is 0.818. The molecular weight excluding hydrogens is 210 g/mol. The minimum absolute atomic E-state index is 0.0510. The maximum Gasteiger partial charge on any atom is 0.303 e. The predicted molar refractivity (Wildman–Crippen MR) is 58.0 cm³/mol. The normalized spacial score (nSPS) is 16.8. The third-order valence-corrected chi connectivity index (χ3v) is 2.45. The van der Waals surface area contributed by atoms with E-state index in [1.807, 2.05) is 0 Å². The summed E-state index contributed by atoms with van der Waals surface area (Å²) in [4.78, 5) is 21.6. The first kappa shape index (κ1) is 13.0. The first-order chi connectivity index (χ1) is 7.58. The summed E-state index contributed by atoms with van der Waals surface area (Å²) in [5, 5.41) is 11.2. The van der Waals surface area contributed by atoms with E-state index in [4.69, 9.17) is 9.84 Å². The van der Waals surface area contributed by atoms with Crippen LogP contribution in [0.2, 0.25) is 0 Å². The zero-order valence-corrected chi connectivity index (χ0v) is 9.57. The van der Waals surface area contributed by atoms with Crippen LogP contribution in [0.1, 0.15) is 26.2 Å². The number of carbonyl (C=O) groups excluding carboxylic acids is 1. The molecule has 1 rings (SSSR count). The van der Waals surface area contributed by atoms with Crippen LogP contribution in [-0.4, -0.2) is 36.7 Å². The summed E-state index contributed by atoms with van der Waals surface area (Å²) < 4.78 is 5.20. The minimum atomic E-state index is -0.841. The second-order valence-electron chi connectivity index (χ2n) is 4.47. The second-order valence-corrected chi connectivity index (χ2v) is 4.47. The molecule has 5 nitrogen and oxygen atoms in total. The van der Waals surface area contributed by atoms with Gasteiger partial charge in [-0.1, -0.05) is 6.92 Å². The summed E-state index contributed by atoms with van der Waals surface area (Å²) in [6.07, 6.45) is 2.48. The van der Waals surface area contributed by atoms with Gasteiger partial charge < -0.3 is 15.2 Å². The van der Waals surface area contributed by atoms with Crippen LogP contribution < -0.4 is 5.32 Å². The minimum Gasteiger partial charge on any atom is -0.481 e. The second kappa shape index (κ2) is 6.48. The van der Waals surface area contributed by atoms with Crippen molar-refractivity contribution in [2.75, 3.05) is 19.8 Å². The fourth-order valence-electron chi connectivity index (χ4n) is 1.31. The zero-order chi connectivity index (χ0) is 12.0. The number of carbonyl (C=O) groups is 2. The average Bonchev–Trinajstić information content (AvgIpc) is 2.97. The number of amides is 1. The van der Waals surface area contributed by atoms with Crippen molar-refractivity contribution >= 4 is 11.9 Å². The van der Waals surface area contributed by atoms with Crippen LogP contribution in [0.4, 0.5) is 0 Å². The maximum atomic E-state index is 11.3. The van der Waals surface area contributed by atoms with Gasteiger partial charge in [-0.25, -0.2) is 0 Å². The van der Waals surface area contributed by atoms with Crippen LogP contribution in [0.3, 0.4) is 0 Å². The molecule has 0 spiro atoms. The highest BCUT2D eigenvalue weighted by Gasteiger charge is 2.21. The van der Waals surface area contributed by atoms with E-state index < -0.39 is 5.97 Å². The lowest BCUT2D eigenvalue weighted by Gasteiger charge is -2.10. The summed E-state index contributed by atoms with van der Waals surface area (Å²) in [6, 6.07) is 0. The van der Waals surface area contributed by atoms with Crippen LogP contribution in [0.5, 0.6) is 0 Å². The van der Waals surface area contributed by atoms with E-state index in [1.54, 1.807) is 6.92 Å². The monoisotopic (exact) mass is 229 g/mol. The van der Waals surface area contributed by atoms with Gasteiger partial charge in [0.15, 0.2) is 0 Å². The summed E-state index contributed by atoms with van der Waals surface area (Å²) in [5.74, 6) is -0.409. The molecule has 0 aliphatic heterocycles. The SMILES string of the molecule is CC(CNC(=O)COCC1CC1)CC(=O)O. The van der Waals surface area contributed by atoms with Crippen molar-refractivity contribution in [3.05, 3.63) is 0 Å². The molecule has 1 amide bonds. The van der Waals surface area contributed by atoms with E-state index in [-0.39, 0.29) is 24.9 Å². The quantitative estimate of drug-likeness (QED) is 0.640. The van der Waals surface area contributed by atoms with Gasteiger partial charge in [0.25, 0.3) is 0 Å². The molecule has 0 aromatic carbocycles. The van der Waals surface area contributed by atoms with Crippen LogP contribution in [-0.2, 0) is 14.3 Å². The molecule has 1 saturated carbocycles. The molecule has 0 radical (unpaired) electrons. The van der Waals surface area contributed by atoms with Gasteiger partial charge in [-0.2, -0.15) is 0 Å². The Bertz CT molecular complexity index is 250. The van der Waals surface area contributed by atoms with E-state index in [2.05, 4.69) is 5.32 Å². The van der Waals surface area contributed by atoms with Crippen molar-refractivity contribution < 1.29 is 19.4 Å². The Morgan fingerprint density at radius 2 is 2.19 bits per heavy atom. The third kappa shape index (κ3) is 6.40. The molecule has 92 valence electrons. The number of carboxylic acid groups (broad SMARTS) is 1. The molecule has 0 aromatic heterocycles. The van der Waals surface area contributed by atoms with E-state index in [1.165, 1.54) is 12.8 Å². The molecule has 16 heavy (non-hydrogen) atoms. The molecule has 0 bridgehead atoms. The summed E-state index contributed by atoms with van der Waals surface area (Å²) in [7, 11) is 0. The van der Waals surface area contributed by atoms with Crippen molar-refractivity contribution in [2.45, 2.75) is 26.2 Å². The number of hydrogen-bond acceptors (Lipinski definition) is 3. The lowest BCUT2D eigenvalue weighted by atomic mass is 10.1. The van der Waals surface area contributed by atoms with Crippen molar-refractivity contribution in [3.8, 4) is 0 Å². The Labute approximate surface area is 95.2 Å². The Morgan fingerprint density at radius 3 is 2.75 bits per heavy atom. The highest BCUT2D eigenvalue weighted by atomic mass is 16.5. The number of hydrogen-bond donors (Lipinski definition) is 2. The van der Waals surface area contributed by atoms with Crippen molar-refractivity contribution in [2.24, 2.45) is 11.8 Å². The van der Waals surface area contributed by atoms with Crippen LogP contribution in [0.25, 0.3) is 0 Å². The molecule has 1 fully saturated rings. The highest BCUT2D eigenvalue weighted by molar-refractivity contribution is 5.77. The Balaban J connectivity index is 1.97. The molecule has 0 saturated heterocycles. The van der Waals surface area contributed by atoms with E-state index >= 15 is 0 Å². The summed E-state index contributed by atoms with van der Waals surface area (Å²) in [5.41, 5.74) is 0. The Kier molecular flexibility index (Phi) is 5.25. The third-order valence-electron chi connectivity index (χ3n) is 2.45. The molecular formula is C11H19NO4. The number of aliphatic carboxylic acids is 1. The number of rotatable bonds is 8. The number of nitrogens with one attached hydrogen (secondary N) is 1. The summed E-state index contributed by atoms with van der Waals surface area (Å²) in [6.45, 7) is 2.92. The standard InChI is InChI=1S/C11H19NO4/c1-8(4-11(14)15)5-12-10(13)7-16-6-9-2-3-9/h8-9H,2-7H2,1H3,(H,12,13)(H,14,15). The maximum absolute atomic E-state index is 11.3. The topological polar surface area (TPSA) is 75.6 Å². The van der Waals surface area contributed by atoms with Gasteiger partial charge in [0.2, 0.25) is 5.91 Å². The Hall–Kier alpha value is -1.10. The lowest BCUT2D eigenvalue weighted by Crippen LogP contribution is -2.32. The fourth-order valence-corrected chi connectivity index (χ4v) is 1.31. The molecule has 1 aliphatic rings. The van der Waals surface area contributed by atoms with Crippen molar-refractivity contribution in [1.82, 2.24) is 5.32 Å². The molecule has 5 heteroatoms. The van der Waals surface area contributed by atoms with Crippen LogP contribution in [0, 0.1) is 11.8 Å². The molecule has 1 aliphatic carbocycles. The van der Waals surface area contributed by atoms with E-state index in [9.17, 15) is 9.59 Å². The molecule has 1 atom stereocenters. The molecule has 0 aromatic rings. The van der Waals surface area contributed by atoms with Gasteiger partial charge in [-0.15, -0.1) is 0 Å². The van der Waals surface area contributed by atoms with Gasteiger partial charge in [-0.3, -0.25) is 9.59 Å². The van der Waals surface area contributed by atoms with Gasteiger partial charge >= 0.3 is 5.97 Å². The van der Waals surface area contributed by atoms with Crippen molar-refractivity contribution in [3.63, 3.8) is 0 Å². The van der Waals surface area contributed by atoms with Gasteiger partial charge in [0.05, 0.1) is 6.61 Å². The molecule has 1 unspecified atom stereocenters. The first-order valence-corrected chi connectivity index (χ1v) is 5.64. The number of carboxylic acids is 1. The van der Waals surface area contributed by atoms with Crippen LogP contribution in [0.15, 0.2) is 0 Å². The Morgan fingerprint density at radius 1 is 1.50 bits per heavy atom. The number of ether oxygens (including phenoxy) is 1. The lowest BCUT2D eigenvalue weighted by molar-refractivity contribution is -0.138. The van der Waals surface area contributed by atoms with Gasteiger partial charge in [0.1, 0.15) is 6.61 Å². The van der Waals surface area contributed by atoms with Gasteiger partial charge in [0, 0.05) is 13.0 Å². The van der Waals surface area contributed by atoms with Crippen LogP contribution >= 0.6 is 0 Å². The molecule has 2 N–H and O–H groups in total. The predicted octanol–water partition coefficient (Wildman–Crippen LogP) is 0.640. The smallest absolute Gasteiger partial charge is 0.303 e. The average molecular weight is 229 g/mol. The largest absolute Gasteiger partial charge is 0.481 e. The van der Waals surface area contributed by atoms with Crippen molar-refractivity contribution in [1.29, 1.82) is 0 Å². The summed E-state index contributed by atoms with van der Waals surface area (Å²) >= 11 is 0. The highest BCUT2D eigenvalue weighted by Crippen LogP contribution is 2.28. The first-order valence-electron chi connectivity index (χ1n) is 5.64. The van der Waals surface area contributed by atoms with E-state index in [0.29, 0.717) is 19.1 Å².